The first kappa shape index (κ1) is 38.2. The summed E-state index contributed by atoms with van der Waals surface area (Å²) in [6, 6.07) is 0.135. The summed E-state index contributed by atoms with van der Waals surface area (Å²) < 4.78 is 17.7. The first-order valence-corrected chi connectivity index (χ1v) is 17.2. The standard InChI is InChI=1S/C36H60N2O8/c1-9-29(40)26(5)34-31(44-34)22-36(6,43)18-10-11-24(3)33-25(4)13-15-30(23(2)12-14-28(39)21-32(41)46-33)45-35(42)38(8)27-16-19-37(7)20-17-27/h10-11,13,15,18,23,25-31,33-34,39-40,43H,9,12,14,16-17,19-22H2,1-8H3/b15-13-,18-10+,24-11+. The van der Waals surface area contributed by atoms with Gasteiger partial charge in [-0.1, -0.05) is 52.0 Å². The highest BCUT2D eigenvalue weighted by atomic mass is 16.6. The summed E-state index contributed by atoms with van der Waals surface area (Å²) in [4.78, 5) is 30.0. The van der Waals surface area contributed by atoms with Crippen LogP contribution in [-0.4, -0.2) is 113 Å². The number of aliphatic hydroxyl groups excluding tert-OH is 2. The Balaban J connectivity index is 1.71. The second-order valence-corrected chi connectivity index (χ2v) is 14.4. The molecule has 1 amide bonds. The van der Waals surface area contributed by atoms with E-state index in [1.807, 2.05) is 52.8 Å². The molecule has 10 nitrogen and oxygen atoms in total. The smallest absolute Gasteiger partial charge is 0.410 e. The third-order valence-electron chi connectivity index (χ3n) is 10.1. The van der Waals surface area contributed by atoms with Gasteiger partial charge in [0, 0.05) is 31.3 Å². The molecule has 10 atom stereocenters. The lowest BCUT2D eigenvalue weighted by atomic mass is 9.91. The molecule has 0 aromatic heterocycles. The highest BCUT2D eigenvalue weighted by Gasteiger charge is 2.47. The number of piperidine rings is 1. The summed E-state index contributed by atoms with van der Waals surface area (Å²) >= 11 is 0. The predicted molar refractivity (Wildman–Crippen MR) is 178 cm³/mol. The van der Waals surface area contributed by atoms with E-state index in [0.29, 0.717) is 25.7 Å². The Labute approximate surface area is 276 Å². The third-order valence-corrected chi connectivity index (χ3v) is 10.1. The van der Waals surface area contributed by atoms with Gasteiger partial charge in [0.2, 0.25) is 0 Å². The number of allylic oxidation sites excluding steroid dienone is 2. The van der Waals surface area contributed by atoms with Gasteiger partial charge in [-0.25, -0.2) is 4.79 Å². The van der Waals surface area contributed by atoms with Crippen LogP contribution >= 0.6 is 0 Å². The Bertz CT molecular complexity index is 1080. The van der Waals surface area contributed by atoms with E-state index < -0.39 is 36.0 Å². The van der Waals surface area contributed by atoms with Crippen LogP contribution in [0.4, 0.5) is 4.79 Å². The maximum atomic E-state index is 13.2. The van der Waals surface area contributed by atoms with Gasteiger partial charge in [0.25, 0.3) is 0 Å². The van der Waals surface area contributed by atoms with Crippen LogP contribution in [0.2, 0.25) is 0 Å². The molecule has 0 radical (unpaired) electrons. The van der Waals surface area contributed by atoms with Crippen LogP contribution in [0.15, 0.2) is 36.0 Å². The van der Waals surface area contributed by atoms with Crippen molar-refractivity contribution in [2.75, 3.05) is 27.2 Å². The molecule has 3 N–H and O–H groups in total. The molecule has 3 aliphatic heterocycles. The van der Waals surface area contributed by atoms with Gasteiger partial charge in [-0.15, -0.1) is 0 Å². The zero-order valence-electron chi connectivity index (χ0n) is 29.3. The van der Waals surface area contributed by atoms with Crippen LogP contribution in [0, 0.1) is 17.8 Å². The first-order chi connectivity index (χ1) is 21.6. The van der Waals surface area contributed by atoms with Gasteiger partial charge in [0.15, 0.2) is 0 Å². The van der Waals surface area contributed by atoms with Crippen LogP contribution < -0.4 is 0 Å². The zero-order valence-corrected chi connectivity index (χ0v) is 29.3. The molecule has 3 heterocycles. The van der Waals surface area contributed by atoms with E-state index in [1.54, 1.807) is 31.0 Å². The fourth-order valence-corrected chi connectivity index (χ4v) is 6.53. The molecule has 3 rings (SSSR count). The van der Waals surface area contributed by atoms with E-state index in [9.17, 15) is 24.9 Å². The molecule has 0 bridgehead atoms. The number of hydrogen-bond acceptors (Lipinski definition) is 9. The lowest BCUT2D eigenvalue weighted by molar-refractivity contribution is -0.151. The minimum Gasteiger partial charge on any atom is -0.457 e. The number of likely N-dealkylation sites (tertiary alicyclic amines) is 1. The number of cyclic esters (lactones) is 1. The minimum atomic E-state index is -1.13. The number of aliphatic hydroxyl groups is 3. The van der Waals surface area contributed by atoms with E-state index in [0.717, 1.165) is 31.5 Å². The van der Waals surface area contributed by atoms with Crippen molar-refractivity contribution in [1.82, 2.24) is 9.80 Å². The molecular weight excluding hydrogens is 588 g/mol. The molecule has 262 valence electrons. The van der Waals surface area contributed by atoms with Crippen LogP contribution in [0.1, 0.15) is 86.5 Å². The van der Waals surface area contributed by atoms with Crippen LogP contribution in [-0.2, 0) is 19.0 Å². The topological polar surface area (TPSA) is 132 Å². The Morgan fingerprint density at radius 3 is 2.54 bits per heavy atom. The van der Waals surface area contributed by atoms with Crippen LogP contribution in [0.3, 0.4) is 0 Å². The molecule has 0 spiro atoms. The molecule has 2 saturated heterocycles. The molecule has 2 fully saturated rings. The minimum absolute atomic E-state index is 0.00644. The lowest BCUT2D eigenvalue weighted by Gasteiger charge is -2.35. The molecule has 0 aliphatic carbocycles. The number of epoxide rings is 1. The van der Waals surface area contributed by atoms with Gasteiger partial charge < -0.3 is 39.3 Å². The molecule has 3 aliphatic rings. The number of esters is 1. The third kappa shape index (κ3) is 11.5. The van der Waals surface area contributed by atoms with Crippen LogP contribution in [0.25, 0.3) is 0 Å². The molecule has 0 saturated carbocycles. The second-order valence-electron chi connectivity index (χ2n) is 14.4. The number of nitrogens with zero attached hydrogens (tertiary/aromatic N) is 2. The van der Waals surface area contributed by atoms with Crippen molar-refractivity contribution >= 4 is 12.1 Å². The van der Waals surface area contributed by atoms with Crippen molar-refractivity contribution in [2.24, 2.45) is 17.8 Å². The molecule has 10 unspecified atom stereocenters. The average molecular weight is 649 g/mol. The molecule has 10 heteroatoms. The highest BCUT2D eigenvalue weighted by molar-refractivity contribution is 5.70. The number of carbonyl (C=O) groups excluding carboxylic acids is 2. The van der Waals surface area contributed by atoms with Gasteiger partial charge in [0.05, 0.1) is 36.4 Å². The van der Waals surface area contributed by atoms with Gasteiger partial charge in [0.1, 0.15) is 12.2 Å². The fraction of sp³-hybridized carbons (Fsp3) is 0.778. The fourth-order valence-electron chi connectivity index (χ4n) is 6.53. The summed E-state index contributed by atoms with van der Waals surface area (Å²) in [5.74, 6) is -0.783. The zero-order chi connectivity index (χ0) is 34.2. The summed E-state index contributed by atoms with van der Waals surface area (Å²) in [5.41, 5.74) is -0.354. The number of carbonyl (C=O) groups is 2. The van der Waals surface area contributed by atoms with E-state index in [4.69, 9.17) is 14.2 Å². The van der Waals surface area contributed by atoms with E-state index in [2.05, 4.69) is 11.9 Å². The quantitative estimate of drug-likeness (QED) is 0.134. The van der Waals surface area contributed by atoms with Crippen LogP contribution in [0.5, 0.6) is 0 Å². The van der Waals surface area contributed by atoms with Gasteiger partial charge >= 0.3 is 12.1 Å². The summed E-state index contributed by atoms with van der Waals surface area (Å²) in [6.07, 6.45) is 9.91. The maximum absolute atomic E-state index is 13.2. The van der Waals surface area contributed by atoms with Crippen molar-refractivity contribution in [2.45, 2.75) is 135 Å². The van der Waals surface area contributed by atoms with Gasteiger partial charge in [-0.05, 0) is 83.7 Å². The SMILES string of the molecule is CCC(O)C(C)C1OC1CC(C)(O)/C=C/C=C(\C)C1OC(=O)CC(O)CCC(C)C(OC(=O)N(C)C2CCN(C)CC2)/C=C\C1C. The van der Waals surface area contributed by atoms with Crippen molar-refractivity contribution < 1.29 is 39.1 Å². The van der Waals surface area contributed by atoms with Crippen molar-refractivity contribution in [3.05, 3.63) is 36.0 Å². The highest BCUT2D eigenvalue weighted by Crippen LogP contribution is 2.37. The average Bonchev–Trinajstić information content (AvgIpc) is 3.76. The van der Waals surface area contributed by atoms with Gasteiger partial charge in [-0.2, -0.15) is 0 Å². The van der Waals surface area contributed by atoms with Crippen molar-refractivity contribution in [1.29, 1.82) is 0 Å². The van der Waals surface area contributed by atoms with Gasteiger partial charge in [-0.3, -0.25) is 4.79 Å². The summed E-state index contributed by atoms with van der Waals surface area (Å²) in [7, 11) is 3.89. The molecule has 0 aromatic rings. The Morgan fingerprint density at radius 2 is 1.89 bits per heavy atom. The monoisotopic (exact) mass is 648 g/mol. The number of amides is 1. The summed E-state index contributed by atoms with van der Waals surface area (Å²) in [5, 5.41) is 31.7. The first-order valence-electron chi connectivity index (χ1n) is 17.2. The number of hydrogen-bond donors (Lipinski definition) is 3. The van der Waals surface area contributed by atoms with Crippen molar-refractivity contribution in [3.8, 4) is 0 Å². The van der Waals surface area contributed by atoms with E-state index in [1.165, 1.54) is 0 Å². The normalized spacial score (nSPS) is 34.0. The number of rotatable bonds is 10. The van der Waals surface area contributed by atoms with E-state index in [-0.39, 0.29) is 48.5 Å². The lowest BCUT2D eigenvalue weighted by Crippen LogP contribution is -2.45. The molecule has 0 aromatic carbocycles. The number of ether oxygens (including phenoxy) is 3. The Kier molecular flexibility index (Phi) is 14.3. The Hall–Kier alpha value is -2.24. The van der Waals surface area contributed by atoms with E-state index >= 15 is 0 Å². The molecule has 46 heavy (non-hydrogen) atoms. The summed E-state index contributed by atoms with van der Waals surface area (Å²) in [6.45, 7) is 13.3. The Morgan fingerprint density at radius 1 is 1.22 bits per heavy atom. The molecular formula is C36H60N2O8. The maximum Gasteiger partial charge on any atom is 0.410 e. The second kappa shape index (κ2) is 17.2. The van der Waals surface area contributed by atoms with Crippen molar-refractivity contribution in [3.63, 3.8) is 0 Å². The largest absolute Gasteiger partial charge is 0.457 e. The predicted octanol–water partition coefficient (Wildman–Crippen LogP) is 4.62.